The molecule has 0 fully saturated rings. The van der Waals surface area contributed by atoms with Gasteiger partial charge in [0.2, 0.25) is 0 Å². The zero-order valence-electron chi connectivity index (χ0n) is 70.9. The number of allylic oxidation sites excluding steroid dienone is 4. The van der Waals surface area contributed by atoms with Gasteiger partial charge in [0.25, 0.3) is 0 Å². The van der Waals surface area contributed by atoms with E-state index in [1.54, 1.807) is 21.3 Å². The van der Waals surface area contributed by atoms with Crippen LogP contribution in [0.4, 0.5) is 96.6 Å². The van der Waals surface area contributed by atoms with Gasteiger partial charge in [-0.05, 0) is 138 Å². The largest absolute Gasteiger partial charge is 0.500 e. The van der Waals surface area contributed by atoms with E-state index in [1.165, 1.54) is 73.9 Å². The van der Waals surface area contributed by atoms with Gasteiger partial charge in [-0.15, -0.1) is 26.3 Å². The highest BCUT2D eigenvalue weighted by Gasteiger charge is 2.65. The van der Waals surface area contributed by atoms with Crippen molar-refractivity contribution in [1.82, 2.24) is 5.32 Å². The van der Waals surface area contributed by atoms with E-state index in [2.05, 4.69) is 59.5 Å². The predicted molar refractivity (Wildman–Crippen MR) is 403 cm³/mol. The molecule has 716 valence electrons. The molecule has 121 heavy (non-hydrogen) atoms. The van der Waals surface area contributed by atoms with Crippen LogP contribution in [0.15, 0.2) is 50.6 Å². The normalized spacial score (nSPS) is 13.7. The number of nitrogens with one attached hydrogen (secondary N) is 1. The number of hydrogen-bond donors (Lipinski definition) is 1. The number of amides is 1. The van der Waals surface area contributed by atoms with Gasteiger partial charge in [0, 0.05) is 115 Å². The number of carbonyl (C=O) groups is 4. The summed E-state index contributed by atoms with van der Waals surface area (Å²) in [6.07, 6.45) is -39.7. The fourth-order valence-corrected chi connectivity index (χ4v) is 16.8. The van der Waals surface area contributed by atoms with Crippen molar-refractivity contribution in [2.24, 2.45) is 21.7 Å². The second-order valence-electron chi connectivity index (χ2n) is 28.7. The first-order valence-electron chi connectivity index (χ1n) is 38.2. The first-order valence-corrected chi connectivity index (χ1v) is 43.4. The SMILES string of the molecule is C=CCC(CC=C)(CCC(=O)COCC(F)(F)OC(F)(F)C(F)(F)F)CCC(CC=C)(CC=C)CNC(=O)C(F)(F)OC(F)(F)COCC.CCCCC(CCCC)(CCC(=O)COCC(F)(F)OC(C)(F)F)CCC(CCC[Si](OC)(OC)OC)(CCC[Si](OC)(OC)OC)CCC(=O)COCC(F)(F)OC(F)(F)C(F)(F)F.CO[SiH](OC)OC. The lowest BCUT2D eigenvalue weighted by Crippen LogP contribution is -2.50. The molecule has 0 rings (SSSR count). The molecular weight excluding hydrogens is 1740 g/mol. The average Bonchev–Trinajstić information content (AvgIpc) is 0.813. The third-order valence-corrected chi connectivity index (χ3v) is 26.0. The van der Waals surface area contributed by atoms with Crippen molar-refractivity contribution in [3.05, 3.63) is 50.6 Å². The summed E-state index contributed by atoms with van der Waals surface area (Å²) in [6, 6.07) is 0.677. The molecule has 0 aromatic heterocycles. The summed E-state index contributed by atoms with van der Waals surface area (Å²) in [5.74, 6) is -4.27. The third-order valence-electron chi connectivity index (χ3n) is 19.2. The summed E-state index contributed by atoms with van der Waals surface area (Å²) >= 11 is 0. The number of ketones is 3. The van der Waals surface area contributed by atoms with Gasteiger partial charge in [-0.1, -0.05) is 63.8 Å². The van der Waals surface area contributed by atoms with Crippen molar-refractivity contribution < 1.29 is 193 Å². The van der Waals surface area contributed by atoms with Crippen LogP contribution in [0.1, 0.15) is 182 Å². The molecule has 0 aliphatic carbocycles. The lowest BCUT2D eigenvalue weighted by atomic mass is 9.64. The Kier molecular flexibility index (Phi) is 56.9. The van der Waals surface area contributed by atoms with Gasteiger partial charge in [0.15, 0.2) is 17.3 Å². The highest BCUT2D eigenvalue weighted by molar-refractivity contribution is 6.60. The number of ether oxygens (including phenoxy) is 8. The quantitative estimate of drug-likeness (QED) is 0.0338. The summed E-state index contributed by atoms with van der Waals surface area (Å²) in [4.78, 5) is 51.1. The van der Waals surface area contributed by atoms with Crippen molar-refractivity contribution in [2.75, 3.05) is 123 Å². The molecule has 0 unspecified atom stereocenters. The highest BCUT2D eigenvalue weighted by atomic mass is 28.4. The molecular formula is C74H123F22NO21Si3. The van der Waals surface area contributed by atoms with Crippen LogP contribution in [-0.2, 0) is 96.9 Å². The van der Waals surface area contributed by atoms with E-state index in [4.69, 9.17) is 44.6 Å². The Balaban J connectivity index is -0.00000220. The molecule has 0 aliphatic heterocycles. The lowest BCUT2D eigenvalue weighted by Gasteiger charge is -2.41. The number of halogens is 22. The summed E-state index contributed by atoms with van der Waals surface area (Å²) in [5, 5.41) is 1.94. The minimum absolute atomic E-state index is 0.0255. The number of alkyl halides is 22. The fourth-order valence-electron chi connectivity index (χ4n) is 12.8. The minimum atomic E-state index is -6.44. The molecule has 0 aromatic rings. The van der Waals surface area contributed by atoms with E-state index in [0.717, 1.165) is 25.7 Å². The van der Waals surface area contributed by atoms with Gasteiger partial charge in [-0.2, -0.15) is 96.6 Å². The van der Waals surface area contributed by atoms with Crippen LogP contribution < -0.4 is 5.32 Å². The fraction of sp³-hybridized carbons (Fsp3) is 0.838. The smallest absolute Gasteiger partial charge is 0.379 e. The Bertz CT molecular complexity index is 2840. The summed E-state index contributed by atoms with van der Waals surface area (Å²) in [6.45, 7) is 9.26. The summed E-state index contributed by atoms with van der Waals surface area (Å²) in [7, 11) is 5.42. The maximum Gasteiger partial charge on any atom is 0.500 e. The van der Waals surface area contributed by atoms with Gasteiger partial charge in [0.05, 0.1) is 0 Å². The summed E-state index contributed by atoms with van der Waals surface area (Å²) in [5.41, 5.74) is -3.12. The maximum atomic E-state index is 14.3. The molecule has 1 amide bonds. The number of Topliss-reactive ketones (excluding diaryl/α,β-unsaturated/α-hetero) is 3. The molecule has 0 bridgehead atoms. The first kappa shape index (κ1) is 121. The van der Waals surface area contributed by atoms with Crippen molar-refractivity contribution in [3.63, 3.8) is 0 Å². The van der Waals surface area contributed by atoms with E-state index in [9.17, 15) is 116 Å². The van der Waals surface area contributed by atoms with Gasteiger partial charge in [-0.3, -0.25) is 23.9 Å². The summed E-state index contributed by atoms with van der Waals surface area (Å²) < 4.78 is 370. The van der Waals surface area contributed by atoms with E-state index in [0.29, 0.717) is 69.9 Å². The molecule has 22 nitrogen and oxygen atoms in total. The van der Waals surface area contributed by atoms with Crippen molar-refractivity contribution >= 4 is 50.4 Å². The van der Waals surface area contributed by atoms with Crippen LogP contribution in [0, 0.1) is 21.7 Å². The second-order valence-corrected chi connectivity index (χ2v) is 36.9. The topological polar surface area (TPSA) is 237 Å². The predicted octanol–water partition coefficient (Wildman–Crippen LogP) is 19.3. The lowest BCUT2D eigenvalue weighted by molar-refractivity contribution is -0.460. The average molecular weight is 1860 g/mol. The minimum Gasteiger partial charge on any atom is -0.379 e. The van der Waals surface area contributed by atoms with Crippen LogP contribution in [0.5, 0.6) is 0 Å². The molecule has 1 N–H and O–H groups in total. The molecule has 0 radical (unpaired) electrons. The number of hydrogen-bond acceptors (Lipinski definition) is 21. The van der Waals surface area contributed by atoms with Gasteiger partial charge in [0.1, 0.15) is 46.2 Å². The zero-order chi connectivity index (χ0) is 94.2. The maximum absolute atomic E-state index is 14.3. The standard InChI is InChI=1S/C40H71F11O12Si2.C31H42F11NO6.C3H10O3Si/c1-10-12-18-35(19-13-11-2,22-16-32(52)28-60-30-37(43,44)62-34(3,41)42)24-25-36(20-14-26-64(54-4,55-5)56-6,21-15-27-65(57-7,58-8)59-9)23-17-33(53)29-61-31-38(45,46)63-40(50,51)39(47,48)49;1-6-12-25(13-7-2,16-11-23(44)19-47-22-28(34,35)49-31(41,42)30(38,39)40)17-18-26(14-8-3,15-9-4)20-43-24(45)29(36,37)48-27(32,33)21-46-10-5;1-4-7(5-2)6-3/h10-31H2,1-9H3;6-9H,1-4,10-22H2,5H3,(H,43,45);7H,1-3H3. The molecule has 0 spiro atoms. The van der Waals surface area contributed by atoms with Crippen LogP contribution in [0.25, 0.3) is 0 Å². The van der Waals surface area contributed by atoms with Crippen LogP contribution >= 0.6 is 0 Å². The third kappa shape index (κ3) is 49.7. The Hall–Kier alpha value is -4.13. The molecule has 47 heteroatoms. The molecule has 0 saturated heterocycles. The van der Waals surface area contributed by atoms with Crippen LogP contribution in [-0.4, -0.2) is 235 Å². The number of rotatable bonds is 72. The monoisotopic (exact) mass is 1860 g/mol. The van der Waals surface area contributed by atoms with Gasteiger partial charge >= 0.3 is 94.3 Å². The molecule has 0 aromatic carbocycles. The van der Waals surface area contributed by atoms with Gasteiger partial charge < -0.3 is 64.1 Å². The van der Waals surface area contributed by atoms with Crippen molar-refractivity contribution in [2.45, 2.75) is 255 Å². The first-order chi connectivity index (χ1) is 55.7. The van der Waals surface area contributed by atoms with E-state index < -0.39 is 186 Å². The molecule has 0 atom stereocenters. The Morgan fingerprint density at radius 2 is 0.645 bits per heavy atom. The highest BCUT2D eigenvalue weighted by Crippen LogP contribution is 2.51. The van der Waals surface area contributed by atoms with Crippen LogP contribution in [0.2, 0.25) is 12.1 Å². The van der Waals surface area contributed by atoms with Gasteiger partial charge in [-0.25, -0.2) is 14.2 Å². The van der Waals surface area contributed by atoms with E-state index in [1.807, 2.05) is 19.2 Å². The van der Waals surface area contributed by atoms with E-state index in [-0.39, 0.29) is 84.2 Å². The Labute approximate surface area is 697 Å². The zero-order valence-corrected chi connectivity index (χ0v) is 74.0. The number of carbonyl (C=O) groups excluding carboxylic acids is 4. The molecule has 0 heterocycles. The van der Waals surface area contributed by atoms with Crippen LogP contribution in [0.3, 0.4) is 0 Å². The second kappa shape index (κ2) is 56.9. The Morgan fingerprint density at radius 3 is 0.926 bits per heavy atom. The van der Waals surface area contributed by atoms with Crippen molar-refractivity contribution in [3.8, 4) is 0 Å². The molecule has 0 saturated carbocycles. The Morgan fingerprint density at radius 1 is 0.364 bits per heavy atom. The van der Waals surface area contributed by atoms with E-state index >= 15 is 0 Å². The number of unbranched alkanes of at least 4 members (excludes halogenated alkanes) is 2. The van der Waals surface area contributed by atoms with Crippen molar-refractivity contribution in [1.29, 1.82) is 0 Å². The molecule has 0 aliphatic rings.